The number of allylic oxidation sites excluding steroid dienone is 2. The summed E-state index contributed by atoms with van der Waals surface area (Å²) in [5.74, 6) is 1.21. The van der Waals surface area contributed by atoms with E-state index < -0.39 is 0 Å². The lowest BCUT2D eigenvalue weighted by molar-refractivity contribution is -0.114. The van der Waals surface area contributed by atoms with E-state index in [1.165, 1.54) is 0 Å². The third-order valence-corrected chi connectivity index (χ3v) is 5.03. The first kappa shape index (κ1) is 12.3. The molecule has 4 rings (SSSR count). The molecule has 3 aliphatic carbocycles. The van der Waals surface area contributed by atoms with Crippen LogP contribution in [0, 0.1) is 17.8 Å². The van der Waals surface area contributed by atoms with E-state index in [0.29, 0.717) is 21.9 Å². The summed E-state index contributed by atoms with van der Waals surface area (Å²) in [7, 11) is 0. The SMILES string of the molecule is O=CC1C2C=CC(CC2)C1c1ccc(Cl)c(Cl)c1. The Morgan fingerprint density at radius 1 is 1.06 bits per heavy atom. The number of aldehydes is 1. The van der Waals surface area contributed by atoms with Crippen molar-refractivity contribution in [3.8, 4) is 0 Å². The van der Waals surface area contributed by atoms with Crippen LogP contribution in [0.4, 0.5) is 0 Å². The number of halogens is 2. The maximum Gasteiger partial charge on any atom is 0.124 e. The van der Waals surface area contributed by atoms with Gasteiger partial charge >= 0.3 is 0 Å². The highest BCUT2D eigenvalue weighted by Crippen LogP contribution is 2.49. The summed E-state index contributed by atoms with van der Waals surface area (Å²) < 4.78 is 0. The number of hydrogen-bond donors (Lipinski definition) is 0. The van der Waals surface area contributed by atoms with Crippen LogP contribution in [0.25, 0.3) is 0 Å². The summed E-state index contributed by atoms with van der Waals surface area (Å²) in [6, 6.07) is 5.75. The van der Waals surface area contributed by atoms with Crippen LogP contribution in [-0.2, 0) is 4.79 Å². The second kappa shape index (κ2) is 4.71. The van der Waals surface area contributed by atoms with Crippen LogP contribution in [0.3, 0.4) is 0 Å². The Kier molecular flexibility index (Phi) is 3.21. The van der Waals surface area contributed by atoms with Gasteiger partial charge in [0.2, 0.25) is 0 Å². The molecule has 18 heavy (non-hydrogen) atoms. The average Bonchev–Trinajstić information content (AvgIpc) is 2.42. The van der Waals surface area contributed by atoms with Gasteiger partial charge in [0.25, 0.3) is 0 Å². The summed E-state index contributed by atoms with van der Waals surface area (Å²) in [4.78, 5) is 11.4. The van der Waals surface area contributed by atoms with Crippen LogP contribution in [-0.4, -0.2) is 6.29 Å². The maximum atomic E-state index is 11.4. The van der Waals surface area contributed by atoms with Gasteiger partial charge in [-0.1, -0.05) is 41.4 Å². The van der Waals surface area contributed by atoms with Gasteiger partial charge in [-0.2, -0.15) is 0 Å². The number of rotatable bonds is 2. The van der Waals surface area contributed by atoms with E-state index in [9.17, 15) is 4.79 Å². The molecular weight excluding hydrogens is 267 g/mol. The molecule has 0 heterocycles. The molecule has 3 heteroatoms. The molecule has 2 bridgehead atoms. The second-order valence-electron chi connectivity index (χ2n) is 5.20. The number of fused-ring (bicyclic) bond motifs is 2. The van der Waals surface area contributed by atoms with E-state index in [2.05, 4.69) is 12.2 Å². The molecule has 3 aliphatic rings. The molecule has 0 radical (unpaired) electrons. The first-order chi connectivity index (χ1) is 8.70. The van der Waals surface area contributed by atoms with Gasteiger partial charge < -0.3 is 4.79 Å². The molecule has 1 fully saturated rings. The van der Waals surface area contributed by atoms with E-state index in [1.807, 2.05) is 18.2 Å². The van der Waals surface area contributed by atoms with Gasteiger partial charge in [-0.05, 0) is 42.4 Å². The molecule has 4 unspecified atom stereocenters. The lowest BCUT2D eigenvalue weighted by Gasteiger charge is -2.43. The quantitative estimate of drug-likeness (QED) is 0.576. The lowest BCUT2D eigenvalue weighted by Crippen LogP contribution is -2.36. The minimum Gasteiger partial charge on any atom is -0.303 e. The lowest BCUT2D eigenvalue weighted by atomic mass is 9.61. The summed E-state index contributed by atoms with van der Waals surface area (Å²) >= 11 is 12.0. The van der Waals surface area contributed by atoms with E-state index in [1.54, 1.807) is 0 Å². The largest absolute Gasteiger partial charge is 0.303 e. The monoisotopic (exact) mass is 280 g/mol. The van der Waals surface area contributed by atoms with Crippen molar-refractivity contribution in [2.75, 3.05) is 0 Å². The van der Waals surface area contributed by atoms with E-state index >= 15 is 0 Å². The van der Waals surface area contributed by atoms with Gasteiger partial charge in [-0.15, -0.1) is 0 Å². The van der Waals surface area contributed by atoms with Crippen molar-refractivity contribution < 1.29 is 4.79 Å². The van der Waals surface area contributed by atoms with Crippen LogP contribution in [0.15, 0.2) is 30.4 Å². The molecular formula is C15H14Cl2O. The topological polar surface area (TPSA) is 17.1 Å². The zero-order valence-electron chi connectivity index (χ0n) is 9.85. The van der Waals surface area contributed by atoms with Crippen LogP contribution in [0.5, 0.6) is 0 Å². The number of hydrogen-bond acceptors (Lipinski definition) is 1. The molecule has 0 amide bonds. The fourth-order valence-electron chi connectivity index (χ4n) is 3.41. The number of carbonyl (C=O) groups excluding carboxylic acids is 1. The Morgan fingerprint density at radius 3 is 2.39 bits per heavy atom. The third-order valence-electron chi connectivity index (χ3n) is 4.29. The van der Waals surface area contributed by atoms with Crippen molar-refractivity contribution in [2.45, 2.75) is 18.8 Å². The van der Waals surface area contributed by atoms with Gasteiger partial charge in [-0.25, -0.2) is 0 Å². The van der Waals surface area contributed by atoms with E-state index in [-0.39, 0.29) is 11.8 Å². The minimum atomic E-state index is 0.0889. The Balaban J connectivity index is 2.01. The predicted octanol–water partition coefficient (Wildman–Crippen LogP) is 4.49. The Morgan fingerprint density at radius 2 is 1.78 bits per heavy atom. The highest BCUT2D eigenvalue weighted by atomic mass is 35.5. The summed E-state index contributed by atoms with van der Waals surface area (Å²) in [6.07, 6.45) is 7.88. The molecule has 0 aromatic heterocycles. The molecule has 0 aliphatic heterocycles. The minimum absolute atomic E-state index is 0.0889. The Bertz CT molecular complexity index is 509. The standard InChI is InChI=1S/C15H14Cl2O/c16-13-6-5-11(7-14(13)17)15-10-3-1-9(2-4-10)12(15)8-18/h1,3,5-10,12,15H,2,4H2. The molecule has 0 spiro atoms. The predicted molar refractivity (Wildman–Crippen MR) is 74.1 cm³/mol. The number of carbonyl (C=O) groups is 1. The second-order valence-corrected chi connectivity index (χ2v) is 6.02. The molecule has 0 N–H and O–H groups in total. The van der Waals surface area contributed by atoms with Crippen molar-refractivity contribution in [1.29, 1.82) is 0 Å². The first-order valence-electron chi connectivity index (χ1n) is 6.29. The van der Waals surface area contributed by atoms with Gasteiger partial charge in [-0.3, -0.25) is 0 Å². The zero-order valence-corrected chi connectivity index (χ0v) is 11.4. The van der Waals surface area contributed by atoms with Crippen molar-refractivity contribution in [2.24, 2.45) is 17.8 Å². The van der Waals surface area contributed by atoms with Crippen LogP contribution in [0.1, 0.15) is 24.3 Å². The highest BCUT2D eigenvalue weighted by molar-refractivity contribution is 6.42. The highest BCUT2D eigenvalue weighted by Gasteiger charge is 2.41. The molecule has 1 aromatic carbocycles. The van der Waals surface area contributed by atoms with Crippen LogP contribution >= 0.6 is 23.2 Å². The molecule has 0 saturated heterocycles. The molecule has 94 valence electrons. The third kappa shape index (κ3) is 1.90. The summed E-state index contributed by atoms with van der Waals surface area (Å²) in [5.41, 5.74) is 1.14. The Labute approximate surface area is 117 Å². The smallest absolute Gasteiger partial charge is 0.124 e. The van der Waals surface area contributed by atoms with Gasteiger partial charge in [0.15, 0.2) is 0 Å². The normalized spacial score (nSPS) is 33.7. The summed E-state index contributed by atoms with van der Waals surface area (Å²) in [5, 5.41) is 1.14. The van der Waals surface area contributed by atoms with E-state index in [0.717, 1.165) is 24.7 Å². The van der Waals surface area contributed by atoms with Gasteiger partial charge in [0.05, 0.1) is 10.0 Å². The van der Waals surface area contributed by atoms with Gasteiger partial charge in [0, 0.05) is 11.8 Å². The molecule has 1 saturated carbocycles. The van der Waals surface area contributed by atoms with Crippen molar-refractivity contribution >= 4 is 29.5 Å². The fourth-order valence-corrected chi connectivity index (χ4v) is 3.72. The van der Waals surface area contributed by atoms with Gasteiger partial charge in [0.1, 0.15) is 6.29 Å². The van der Waals surface area contributed by atoms with Crippen molar-refractivity contribution in [1.82, 2.24) is 0 Å². The maximum absolute atomic E-state index is 11.4. The Hall–Kier alpha value is -0.790. The van der Waals surface area contributed by atoms with Crippen LogP contribution < -0.4 is 0 Å². The van der Waals surface area contributed by atoms with Crippen LogP contribution in [0.2, 0.25) is 10.0 Å². The first-order valence-corrected chi connectivity index (χ1v) is 7.05. The fraction of sp³-hybridized carbons (Fsp3) is 0.400. The average molecular weight is 281 g/mol. The van der Waals surface area contributed by atoms with E-state index in [4.69, 9.17) is 23.2 Å². The number of benzene rings is 1. The molecule has 1 aromatic rings. The van der Waals surface area contributed by atoms with Crippen molar-refractivity contribution in [3.63, 3.8) is 0 Å². The summed E-state index contributed by atoms with van der Waals surface area (Å²) in [6.45, 7) is 0. The van der Waals surface area contributed by atoms with Crippen molar-refractivity contribution in [3.05, 3.63) is 46.0 Å². The molecule has 4 atom stereocenters. The molecule has 1 nitrogen and oxygen atoms in total. The zero-order chi connectivity index (χ0) is 12.7.